The Labute approximate surface area is 143 Å². The highest BCUT2D eigenvalue weighted by molar-refractivity contribution is 5.74. The third kappa shape index (κ3) is 1.97. The molecule has 10 unspecified atom stereocenters. The molecule has 24 heavy (non-hydrogen) atoms. The van der Waals surface area contributed by atoms with Crippen LogP contribution in [0.2, 0.25) is 0 Å². The Kier molecular flexibility index (Phi) is 3.31. The average Bonchev–Trinajstić information content (AvgIpc) is 3.32. The summed E-state index contributed by atoms with van der Waals surface area (Å²) in [6, 6.07) is 0. The van der Waals surface area contributed by atoms with Gasteiger partial charge in [-0.2, -0.15) is 0 Å². The van der Waals surface area contributed by atoms with Crippen LogP contribution >= 0.6 is 0 Å². The lowest BCUT2D eigenvalue weighted by Gasteiger charge is -2.43. The van der Waals surface area contributed by atoms with Gasteiger partial charge in [0.2, 0.25) is 0 Å². The first-order chi connectivity index (χ1) is 11.5. The number of carbonyl (C=O) groups excluding carboxylic acids is 2. The molecule has 1 aliphatic heterocycles. The van der Waals surface area contributed by atoms with Gasteiger partial charge in [-0.05, 0) is 73.0 Å². The first-order valence-electron chi connectivity index (χ1n) is 9.90. The van der Waals surface area contributed by atoms with Crippen molar-refractivity contribution in [3.8, 4) is 0 Å². The first kappa shape index (κ1) is 15.2. The summed E-state index contributed by atoms with van der Waals surface area (Å²) in [5.41, 5.74) is 0. The Bertz CT molecular complexity index is 572. The smallest absolute Gasteiger partial charge is 0.309 e. The fourth-order valence-corrected chi connectivity index (χ4v) is 7.48. The minimum atomic E-state index is -0.212. The van der Waals surface area contributed by atoms with Gasteiger partial charge in [0.1, 0.15) is 12.7 Å². The highest BCUT2D eigenvalue weighted by atomic mass is 16.6. The number of fused-ring (bicyclic) bond motifs is 9. The number of carbonyl (C=O) groups is 2. The average molecular weight is 332 g/mol. The third-order valence-corrected chi connectivity index (χ3v) is 8.53. The Hall–Kier alpha value is -1.06. The van der Waals surface area contributed by atoms with Crippen molar-refractivity contribution in [2.24, 2.45) is 53.3 Å². The molecule has 4 saturated carbocycles. The highest BCUT2D eigenvalue weighted by Gasteiger charge is 2.66. The van der Waals surface area contributed by atoms with Crippen LogP contribution in [-0.4, -0.2) is 24.6 Å². The van der Waals surface area contributed by atoms with Gasteiger partial charge in [-0.25, -0.2) is 0 Å². The SMILES string of the molecule is CC1C(C)C2CC1C1C3CC(C(=O)OCC4CCC(=O)O4)C(C3)C21. The molecule has 132 valence electrons. The minimum absolute atomic E-state index is 0.0210. The van der Waals surface area contributed by atoms with Gasteiger partial charge in [0.05, 0.1) is 5.92 Å². The molecule has 4 bridgehead atoms. The van der Waals surface area contributed by atoms with Gasteiger partial charge < -0.3 is 9.47 Å². The van der Waals surface area contributed by atoms with Gasteiger partial charge in [-0.15, -0.1) is 0 Å². The van der Waals surface area contributed by atoms with E-state index in [4.69, 9.17) is 9.47 Å². The second-order valence-electron chi connectivity index (χ2n) is 9.22. The summed E-state index contributed by atoms with van der Waals surface area (Å²) in [7, 11) is 0. The zero-order valence-electron chi connectivity index (χ0n) is 14.6. The lowest BCUT2D eigenvalue weighted by molar-refractivity contribution is -0.159. The molecule has 5 rings (SSSR count). The standard InChI is InChI=1S/C20H28O4/c1-9-10(2)14-7-13(9)18-11-5-15(19(14)18)16(6-11)20(22)23-8-12-3-4-17(21)24-12/h9-16,18-19H,3-8H2,1-2H3. The van der Waals surface area contributed by atoms with Crippen LogP contribution in [0.15, 0.2) is 0 Å². The van der Waals surface area contributed by atoms with Crippen LogP contribution in [-0.2, 0) is 19.1 Å². The number of hydrogen-bond donors (Lipinski definition) is 0. The zero-order valence-corrected chi connectivity index (χ0v) is 14.6. The van der Waals surface area contributed by atoms with Crippen LogP contribution in [0.1, 0.15) is 46.0 Å². The van der Waals surface area contributed by atoms with Gasteiger partial charge in [0.25, 0.3) is 0 Å². The summed E-state index contributed by atoms with van der Waals surface area (Å²) in [6.07, 6.45) is 4.63. The van der Waals surface area contributed by atoms with Crippen LogP contribution in [0.5, 0.6) is 0 Å². The van der Waals surface area contributed by atoms with Gasteiger partial charge in [0, 0.05) is 6.42 Å². The molecule has 4 aliphatic carbocycles. The highest BCUT2D eigenvalue weighted by Crippen LogP contribution is 2.71. The second kappa shape index (κ2) is 5.22. The van der Waals surface area contributed by atoms with E-state index >= 15 is 0 Å². The summed E-state index contributed by atoms with van der Waals surface area (Å²) in [5, 5.41) is 0. The summed E-state index contributed by atoms with van der Waals surface area (Å²) < 4.78 is 10.7. The number of ether oxygens (including phenoxy) is 2. The summed E-state index contributed by atoms with van der Waals surface area (Å²) in [5.74, 6) is 6.37. The van der Waals surface area contributed by atoms with Crippen molar-refractivity contribution >= 4 is 11.9 Å². The Morgan fingerprint density at radius 3 is 2.54 bits per heavy atom. The Morgan fingerprint density at radius 1 is 1.08 bits per heavy atom. The maximum absolute atomic E-state index is 12.7. The van der Waals surface area contributed by atoms with Crippen molar-refractivity contribution in [1.29, 1.82) is 0 Å². The fourth-order valence-electron chi connectivity index (χ4n) is 7.48. The predicted molar refractivity (Wildman–Crippen MR) is 86.7 cm³/mol. The van der Waals surface area contributed by atoms with E-state index in [1.807, 2.05) is 0 Å². The van der Waals surface area contributed by atoms with E-state index in [-0.39, 0.29) is 30.6 Å². The first-order valence-corrected chi connectivity index (χ1v) is 9.90. The van der Waals surface area contributed by atoms with Crippen LogP contribution in [0.3, 0.4) is 0 Å². The van der Waals surface area contributed by atoms with Crippen molar-refractivity contribution in [3.05, 3.63) is 0 Å². The van der Waals surface area contributed by atoms with Crippen molar-refractivity contribution < 1.29 is 19.1 Å². The lowest BCUT2D eigenvalue weighted by atomic mass is 9.62. The third-order valence-electron chi connectivity index (χ3n) is 8.53. The Morgan fingerprint density at radius 2 is 1.83 bits per heavy atom. The van der Waals surface area contributed by atoms with E-state index < -0.39 is 0 Å². The molecule has 1 saturated heterocycles. The molecule has 4 nitrogen and oxygen atoms in total. The zero-order chi connectivity index (χ0) is 16.6. The molecule has 0 aromatic carbocycles. The largest absolute Gasteiger partial charge is 0.462 e. The normalized spacial score (nSPS) is 54.2. The minimum Gasteiger partial charge on any atom is -0.462 e. The van der Waals surface area contributed by atoms with Crippen LogP contribution in [0.4, 0.5) is 0 Å². The molecule has 0 aromatic rings. The van der Waals surface area contributed by atoms with Crippen LogP contribution in [0, 0.1) is 53.3 Å². The van der Waals surface area contributed by atoms with E-state index in [0.717, 1.165) is 47.8 Å². The molecular weight excluding hydrogens is 304 g/mol. The fraction of sp³-hybridized carbons (Fsp3) is 0.900. The molecule has 5 fully saturated rings. The molecule has 0 spiro atoms. The van der Waals surface area contributed by atoms with Crippen molar-refractivity contribution in [3.63, 3.8) is 0 Å². The maximum atomic E-state index is 12.7. The summed E-state index contributed by atoms with van der Waals surface area (Å²) in [4.78, 5) is 23.8. The van der Waals surface area contributed by atoms with Crippen molar-refractivity contribution in [2.45, 2.75) is 52.1 Å². The van der Waals surface area contributed by atoms with E-state index in [0.29, 0.717) is 18.8 Å². The molecule has 0 amide bonds. The molecule has 0 aromatic heterocycles. The monoisotopic (exact) mass is 332 g/mol. The Balaban J connectivity index is 1.24. The van der Waals surface area contributed by atoms with Crippen LogP contribution in [0.25, 0.3) is 0 Å². The van der Waals surface area contributed by atoms with Gasteiger partial charge in [-0.3, -0.25) is 9.59 Å². The molecular formula is C20H28O4. The number of hydrogen-bond acceptors (Lipinski definition) is 4. The van der Waals surface area contributed by atoms with Crippen LogP contribution < -0.4 is 0 Å². The van der Waals surface area contributed by atoms with E-state index in [9.17, 15) is 9.59 Å². The predicted octanol–water partition coefficient (Wildman–Crippen LogP) is 3.05. The number of esters is 2. The summed E-state index contributed by atoms with van der Waals surface area (Å²) in [6.45, 7) is 5.14. The van der Waals surface area contributed by atoms with Gasteiger partial charge in [-0.1, -0.05) is 13.8 Å². The van der Waals surface area contributed by atoms with E-state index in [1.165, 1.54) is 12.8 Å². The molecule has 0 radical (unpaired) electrons. The topological polar surface area (TPSA) is 52.6 Å². The number of rotatable bonds is 3. The maximum Gasteiger partial charge on any atom is 0.309 e. The van der Waals surface area contributed by atoms with E-state index in [2.05, 4.69) is 13.8 Å². The summed E-state index contributed by atoms with van der Waals surface area (Å²) >= 11 is 0. The van der Waals surface area contributed by atoms with Crippen molar-refractivity contribution in [2.75, 3.05) is 6.61 Å². The molecule has 5 aliphatic rings. The molecule has 10 atom stereocenters. The van der Waals surface area contributed by atoms with Gasteiger partial charge >= 0.3 is 11.9 Å². The van der Waals surface area contributed by atoms with E-state index in [1.54, 1.807) is 0 Å². The molecule has 4 heteroatoms. The second-order valence-corrected chi connectivity index (χ2v) is 9.22. The molecule has 1 heterocycles. The van der Waals surface area contributed by atoms with Crippen molar-refractivity contribution in [1.82, 2.24) is 0 Å². The lowest BCUT2D eigenvalue weighted by Crippen LogP contribution is -2.41. The van der Waals surface area contributed by atoms with Gasteiger partial charge in [0.15, 0.2) is 0 Å². The molecule has 0 N–H and O–H groups in total. The quantitative estimate of drug-likeness (QED) is 0.589. The number of cyclic esters (lactones) is 1.